The van der Waals surface area contributed by atoms with Crippen LogP contribution in [0.2, 0.25) is 0 Å². The fourth-order valence-electron chi connectivity index (χ4n) is 2.79. The minimum Gasteiger partial charge on any atom is -0.287 e. The van der Waals surface area contributed by atoms with E-state index in [0.717, 1.165) is 0 Å². The van der Waals surface area contributed by atoms with Crippen molar-refractivity contribution in [2.24, 2.45) is 5.41 Å². The van der Waals surface area contributed by atoms with Gasteiger partial charge >= 0.3 is 0 Å². The third kappa shape index (κ3) is 2.45. The monoisotopic (exact) mass is 271 g/mol. The summed E-state index contributed by atoms with van der Waals surface area (Å²) in [5.41, 5.74) is 2.38. The quantitative estimate of drug-likeness (QED) is 0.818. The normalized spacial score (nSPS) is 12.4. The molecule has 2 aromatic rings. The number of nitrogens with one attached hydrogen (secondary N) is 1. The molecule has 0 fully saturated rings. The van der Waals surface area contributed by atoms with Crippen molar-refractivity contribution in [3.8, 4) is 0 Å². The van der Waals surface area contributed by atoms with Gasteiger partial charge in [-0.2, -0.15) is 0 Å². The van der Waals surface area contributed by atoms with Gasteiger partial charge in [-0.05, 0) is 16.5 Å². The second-order valence-corrected chi connectivity index (χ2v) is 6.17. The Bertz CT molecular complexity index is 474. The molecule has 0 amide bonds. The zero-order chi connectivity index (χ0) is 13.9. The smallest absolute Gasteiger partial charge is 0.0768 e. The number of rotatable bonds is 3. The lowest BCUT2D eigenvalue weighted by molar-refractivity contribution is 0.216. The first-order valence-electron chi connectivity index (χ1n) is 6.61. The van der Waals surface area contributed by atoms with Crippen molar-refractivity contribution in [3.05, 3.63) is 71.8 Å². The first-order valence-corrected chi connectivity index (χ1v) is 7.19. The van der Waals surface area contributed by atoms with Crippen molar-refractivity contribution in [2.45, 2.75) is 26.3 Å². The highest BCUT2D eigenvalue weighted by atomic mass is 31.0. The van der Waals surface area contributed by atoms with E-state index in [4.69, 9.17) is 0 Å². The summed E-state index contributed by atoms with van der Waals surface area (Å²) in [6.45, 7) is 6.80. The third-order valence-corrected chi connectivity index (χ3v) is 4.19. The van der Waals surface area contributed by atoms with Crippen LogP contribution in [0.4, 0.5) is 0 Å². The summed E-state index contributed by atoms with van der Waals surface area (Å²) in [6.07, 6.45) is 0. The van der Waals surface area contributed by atoms with Gasteiger partial charge in [-0.15, -0.1) is 0 Å². The lowest BCUT2D eigenvalue weighted by Crippen LogP contribution is -2.49. The van der Waals surface area contributed by atoms with Gasteiger partial charge in [0.15, 0.2) is 0 Å². The maximum absolute atomic E-state index is 3.50. The van der Waals surface area contributed by atoms with Crippen molar-refractivity contribution >= 4 is 9.39 Å². The predicted molar refractivity (Wildman–Crippen MR) is 86.0 cm³/mol. The van der Waals surface area contributed by atoms with Gasteiger partial charge in [0.1, 0.15) is 0 Å². The lowest BCUT2D eigenvalue weighted by atomic mass is 9.66. The maximum atomic E-state index is 3.50. The van der Waals surface area contributed by atoms with Gasteiger partial charge in [0.05, 0.1) is 5.54 Å². The highest BCUT2D eigenvalue weighted by Crippen LogP contribution is 2.45. The van der Waals surface area contributed by atoms with Crippen molar-refractivity contribution in [2.75, 3.05) is 0 Å². The van der Waals surface area contributed by atoms with E-state index in [0.29, 0.717) is 0 Å². The van der Waals surface area contributed by atoms with Crippen LogP contribution in [0.3, 0.4) is 0 Å². The molecule has 1 nitrogen and oxygen atoms in total. The van der Waals surface area contributed by atoms with Gasteiger partial charge in [-0.25, -0.2) is 0 Å². The van der Waals surface area contributed by atoms with Crippen LogP contribution < -0.4 is 5.09 Å². The molecule has 0 aliphatic rings. The molecule has 1 N–H and O–H groups in total. The van der Waals surface area contributed by atoms with E-state index in [1.54, 1.807) is 0 Å². The van der Waals surface area contributed by atoms with Crippen LogP contribution in [0.1, 0.15) is 31.9 Å². The Morgan fingerprint density at radius 1 is 0.737 bits per heavy atom. The van der Waals surface area contributed by atoms with Gasteiger partial charge in [0, 0.05) is 0 Å². The Labute approximate surface area is 118 Å². The average molecular weight is 271 g/mol. The summed E-state index contributed by atoms with van der Waals surface area (Å²) in [5, 5.41) is 3.50. The summed E-state index contributed by atoms with van der Waals surface area (Å²) < 4.78 is 0. The van der Waals surface area contributed by atoms with Crippen molar-refractivity contribution in [3.63, 3.8) is 0 Å². The molecule has 0 aliphatic heterocycles. The molecular weight excluding hydrogens is 249 g/mol. The number of benzene rings is 2. The first-order chi connectivity index (χ1) is 9.02. The van der Waals surface area contributed by atoms with Crippen LogP contribution >= 0.6 is 9.39 Å². The van der Waals surface area contributed by atoms with Gasteiger partial charge in [-0.3, -0.25) is 5.09 Å². The van der Waals surface area contributed by atoms with E-state index in [9.17, 15) is 0 Å². The fourth-order valence-corrected chi connectivity index (χ4v) is 3.56. The molecule has 0 bridgehead atoms. The number of hydrogen-bond donors (Lipinski definition) is 1. The van der Waals surface area contributed by atoms with Crippen LogP contribution in [0.15, 0.2) is 60.7 Å². The average Bonchev–Trinajstić information content (AvgIpc) is 2.41. The van der Waals surface area contributed by atoms with E-state index in [-0.39, 0.29) is 11.0 Å². The predicted octanol–water partition coefficient (Wildman–Crippen LogP) is 4.36. The van der Waals surface area contributed by atoms with E-state index < -0.39 is 0 Å². The van der Waals surface area contributed by atoms with Crippen molar-refractivity contribution < 1.29 is 0 Å². The molecule has 19 heavy (non-hydrogen) atoms. The fraction of sp³-hybridized carbons (Fsp3) is 0.294. The third-order valence-electron chi connectivity index (χ3n) is 3.76. The van der Waals surface area contributed by atoms with Crippen LogP contribution in [0.25, 0.3) is 0 Å². The topological polar surface area (TPSA) is 12.0 Å². The summed E-state index contributed by atoms with van der Waals surface area (Å²) in [5.74, 6) is 0. The minimum atomic E-state index is -0.222. The van der Waals surface area contributed by atoms with Crippen LogP contribution in [0.5, 0.6) is 0 Å². The second-order valence-electron chi connectivity index (χ2n) is 5.88. The summed E-state index contributed by atoms with van der Waals surface area (Å²) in [6, 6.07) is 21.3. The molecule has 0 radical (unpaired) electrons. The Morgan fingerprint density at radius 3 is 1.37 bits per heavy atom. The maximum Gasteiger partial charge on any atom is 0.0768 e. The van der Waals surface area contributed by atoms with Gasteiger partial charge in [0.2, 0.25) is 0 Å². The molecule has 1 unspecified atom stereocenters. The molecule has 1 atom stereocenters. The Hall–Kier alpha value is -1.17. The molecule has 2 rings (SSSR count). The molecule has 0 aliphatic carbocycles. The largest absolute Gasteiger partial charge is 0.287 e. The Kier molecular flexibility index (Phi) is 4.08. The molecular formula is C17H22NP. The molecule has 0 saturated heterocycles. The van der Waals surface area contributed by atoms with Crippen molar-refractivity contribution in [1.82, 2.24) is 5.09 Å². The van der Waals surface area contributed by atoms with Crippen LogP contribution in [-0.2, 0) is 5.54 Å². The van der Waals surface area contributed by atoms with Gasteiger partial charge < -0.3 is 0 Å². The van der Waals surface area contributed by atoms with Gasteiger partial charge in [-0.1, -0.05) is 90.8 Å². The van der Waals surface area contributed by atoms with E-state index in [1.165, 1.54) is 11.1 Å². The Morgan fingerprint density at radius 2 is 1.11 bits per heavy atom. The Balaban J connectivity index is 2.70. The minimum absolute atomic E-state index is 0.0391. The van der Waals surface area contributed by atoms with E-state index in [1.807, 2.05) is 0 Å². The highest BCUT2D eigenvalue weighted by Gasteiger charge is 2.43. The van der Waals surface area contributed by atoms with Gasteiger partial charge in [0.25, 0.3) is 0 Å². The second kappa shape index (κ2) is 5.45. The molecule has 0 heterocycles. The van der Waals surface area contributed by atoms with E-state index >= 15 is 0 Å². The molecule has 100 valence electrons. The molecule has 0 aromatic heterocycles. The molecule has 2 aromatic carbocycles. The van der Waals surface area contributed by atoms with Crippen molar-refractivity contribution in [1.29, 1.82) is 0 Å². The van der Waals surface area contributed by atoms with E-state index in [2.05, 4.69) is 95.9 Å². The zero-order valence-corrected chi connectivity index (χ0v) is 13.0. The van der Waals surface area contributed by atoms with Crippen LogP contribution in [0, 0.1) is 5.41 Å². The lowest BCUT2D eigenvalue weighted by Gasteiger charge is -2.45. The first kappa shape index (κ1) is 14.2. The standard InChI is InChI=1S/C17H22NP/c1-16(2,3)17(18-19,14-10-6-4-7-11-14)15-12-8-5-9-13-15/h4-13,18H,19H2,1-3H3. The summed E-state index contributed by atoms with van der Waals surface area (Å²) in [7, 11) is 2.71. The highest BCUT2D eigenvalue weighted by molar-refractivity contribution is 7.13. The molecule has 0 saturated carbocycles. The molecule has 0 spiro atoms. The summed E-state index contributed by atoms with van der Waals surface area (Å²) >= 11 is 0. The number of hydrogen-bond acceptors (Lipinski definition) is 1. The zero-order valence-electron chi connectivity index (χ0n) is 11.9. The SMILES string of the molecule is CC(C)(C)C(NP)(c1ccccc1)c1ccccc1. The molecule has 2 heteroatoms. The van der Waals surface area contributed by atoms with Crippen LogP contribution in [-0.4, -0.2) is 0 Å². The summed E-state index contributed by atoms with van der Waals surface area (Å²) in [4.78, 5) is 0.